The van der Waals surface area contributed by atoms with Crippen molar-refractivity contribution in [3.63, 3.8) is 0 Å². The zero-order valence-electron chi connectivity index (χ0n) is 16.6. The van der Waals surface area contributed by atoms with Crippen molar-refractivity contribution in [1.29, 1.82) is 0 Å². The fourth-order valence-electron chi connectivity index (χ4n) is 3.19. The highest BCUT2D eigenvalue weighted by atomic mass is 16.5. The van der Waals surface area contributed by atoms with Gasteiger partial charge in [0.15, 0.2) is 5.65 Å². The van der Waals surface area contributed by atoms with E-state index in [0.29, 0.717) is 45.5 Å². The van der Waals surface area contributed by atoms with Gasteiger partial charge in [-0.15, -0.1) is 0 Å². The van der Waals surface area contributed by atoms with Gasteiger partial charge in [-0.3, -0.25) is 0 Å². The van der Waals surface area contributed by atoms with Gasteiger partial charge < -0.3 is 24.3 Å². The smallest absolute Gasteiger partial charge is 0.338 e. The summed E-state index contributed by atoms with van der Waals surface area (Å²) in [5.41, 5.74) is 2.58. The second kappa shape index (κ2) is 7.75. The molecular weight excluding hydrogens is 386 g/mol. The number of hydrogen-bond donors (Lipinski definition) is 2. The first-order valence-electron chi connectivity index (χ1n) is 9.05. The van der Waals surface area contributed by atoms with E-state index >= 15 is 0 Å². The Morgan fingerprint density at radius 3 is 2.23 bits per heavy atom. The van der Waals surface area contributed by atoms with Crippen LogP contribution >= 0.6 is 0 Å². The highest BCUT2D eigenvalue weighted by Gasteiger charge is 2.19. The van der Waals surface area contributed by atoms with Crippen molar-refractivity contribution in [2.45, 2.75) is 0 Å². The van der Waals surface area contributed by atoms with Gasteiger partial charge in [0, 0.05) is 17.2 Å². The number of imidazole rings is 1. The number of pyridine rings is 1. The molecule has 2 N–H and O–H groups in total. The third-order valence-electron chi connectivity index (χ3n) is 4.74. The number of nitrogens with zero attached hydrogens (tertiary/aromatic N) is 2. The molecule has 0 atom stereocenters. The van der Waals surface area contributed by atoms with Crippen LogP contribution in [-0.2, 0) is 0 Å². The number of aromatic nitrogens is 3. The van der Waals surface area contributed by atoms with Crippen LogP contribution in [0.4, 0.5) is 0 Å². The number of rotatable bonds is 6. The van der Waals surface area contributed by atoms with Crippen LogP contribution in [0.15, 0.2) is 48.5 Å². The van der Waals surface area contributed by atoms with Gasteiger partial charge in [0.05, 0.1) is 38.1 Å². The van der Waals surface area contributed by atoms with E-state index in [0.717, 1.165) is 5.56 Å². The average Bonchev–Trinajstić information content (AvgIpc) is 3.22. The highest BCUT2D eigenvalue weighted by molar-refractivity contribution is 6.02. The minimum absolute atomic E-state index is 0.0696. The number of aromatic amines is 1. The zero-order chi connectivity index (χ0) is 21.3. The molecule has 0 aliphatic rings. The lowest BCUT2D eigenvalue weighted by Gasteiger charge is -2.10. The number of carboxylic acid groups (broad SMARTS) is 1. The van der Waals surface area contributed by atoms with Crippen LogP contribution in [0.2, 0.25) is 0 Å². The van der Waals surface area contributed by atoms with E-state index in [9.17, 15) is 9.90 Å². The Labute approximate surface area is 172 Å². The summed E-state index contributed by atoms with van der Waals surface area (Å²) in [4.78, 5) is 24.1. The molecule has 0 bridgehead atoms. The molecule has 0 saturated heterocycles. The van der Waals surface area contributed by atoms with Crippen molar-refractivity contribution in [3.8, 4) is 39.9 Å². The van der Waals surface area contributed by atoms with Crippen molar-refractivity contribution in [3.05, 3.63) is 54.1 Å². The largest absolute Gasteiger partial charge is 0.497 e. The number of H-pyrrole nitrogens is 1. The number of ether oxygens (including phenoxy) is 3. The topological polar surface area (TPSA) is 107 Å². The molecule has 2 aromatic heterocycles. The van der Waals surface area contributed by atoms with Crippen LogP contribution in [0.1, 0.15) is 10.4 Å². The maximum absolute atomic E-state index is 11.9. The normalized spacial score (nSPS) is 10.8. The number of nitrogens with one attached hydrogen (secondary N) is 1. The van der Waals surface area contributed by atoms with Gasteiger partial charge in [0.1, 0.15) is 23.1 Å². The molecule has 4 aromatic rings. The maximum atomic E-state index is 11.9. The first kappa shape index (κ1) is 19.3. The number of carboxylic acids is 1. The van der Waals surface area contributed by atoms with Gasteiger partial charge in [-0.2, -0.15) is 0 Å². The summed E-state index contributed by atoms with van der Waals surface area (Å²) in [7, 11) is 4.69. The van der Waals surface area contributed by atoms with Gasteiger partial charge in [0.2, 0.25) is 0 Å². The fraction of sp³-hybridized carbons (Fsp3) is 0.136. The van der Waals surface area contributed by atoms with Crippen LogP contribution in [-0.4, -0.2) is 47.4 Å². The molecule has 0 spiro atoms. The Kier molecular flexibility index (Phi) is 4.97. The van der Waals surface area contributed by atoms with Crippen molar-refractivity contribution < 1.29 is 24.1 Å². The molecule has 0 aliphatic carbocycles. The molecule has 0 aliphatic heterocycles. The summed E-state index contributed by atoms with van der Waals surface area (Å²) in [6, 6.07) is 14.0. The number of carbonyl (C=O) groups is 1. The lowest BCUT2D eigenvalue weighted by atomic mass is 10.1. The summed E-state index contributed by atoms with van der Waals surface area (Å²) in [5, 5.41) is 9.77. The maximum Gasteiger partial charge on any atom is 0.338 e. The standard InChI is InChI=1S/C22H19N3O5/c1-28-13-6-4-12(5-7-13)20-24-19-16(22(26)27)11-17(23-21(19)25-20)15-9-8-14(29-2)10-18(15)30-3/h4-11H,1-3H3,(H,26,27)(H,23,24,25). The number of methoxy groups -OCH3 is 3. The minimum atomic E-state index is -1.08. The molecule has 0 unspecified atom stereocenters. The van der Waals surface area contributed by atoms with E-state index < -0.39 is 5.97 Å². The molecule has 8 nitrogen and oxygen atoms in total. The Bertz CT molecular complexity index is 1230. The van der Waals surface area contributed by atoms with Crippen molar-refractivity contribution in [2.75, 3.05) is 21.3 Å². The first-order valence-corrected chi connectivity index (χ1v) is 9.05. The van der Waals surface area contributed by atoms with Gasteiger partial charge in [-0.05, 0) is 42.5 Å². The summed E-state index contributed by atoms with van der Waals surface area (Å²) in [5.74, 6) is 1.29. The van der Waals surface area contributed by atoms with Gasteiger partial charge >= 0.3 is 5.97 Å². The molecule has 0 saturated carbocycles. The van der Waals surface area contributed by atoms with Crippen molar-refractivity contribution in [1.82, 2.24) is 15.0 Å². The van der Waals surface area contributed by atoms with Gasteiger partial charge in [0.25, 0.3) is 0 Å². The molecule has 4 rings (SSSR count). The molecule has 8 heteroatoms. The van der Waals surface area contributed by atoms with E-state index in [2.05, 4.69) is 15.0 Å². The highest BCUT2D eigenvalue weighted by Crippen LogP contribution is 2.34. The molecule has 0 radical (unpaired) electrons. The number of benzene rings is 2. The lowest BCUT2D eigenvalue weighted by Crippen LogP contribution is -2.01. The van der Waals surface area contributed by atoms with Crippen LogP contribution < -0.4 is 14.2 Å². The summed E-state index contributed by atoms with van der Waals surface area (Å²) >= 11 is 0. The predicted octanol–water partition coefficient (Wildman–Crippen LogP) is 4.02. The molecule has 0 fully saturated rings. The molecule has 0 amide bonds. The molecular formula is C22H19N3O5. The van der Waals surface area contributed by atoms with E-state index in [1.807, 2.05) is 24.3 Å². The quantitative estimate of drug-likeness (QED) is 0.499. The van der Waals surface area contributed by atoms with Crippen molar-refractivity contribution >= 4 is 17.1 Å². The molecule has 152 valence electrons. The fourth-order valence-corrected chi connectivity index (χ4v) is 3.19. The van der Waals surface area contributed by atoms with E-state index in [1.165, 1.54) is 13.2 Å². The van der Waals surface area contributed by atoms with E-state index in [1.54, 1.807) is 32.4 Å². The number of fused-ring (bicyclic) bond motifs is 1. The van der Waals surface area contributed by atoms with Crippen molar-refractivity contribution in [2.24, 2.45) is 0 Å². The van der Waals surface area contributed by atoms with Gasteiger partial charge in [-0.1, -0.05) is 0 Å². The predicted molar refractivity (Wildman–Crippen MR) is 111 cm³/mol. The van der Waals surface area contributed by atoms with Crippen LogP contribution in [0, 0.1) is 0 Å². The van der Waals surface area contributed by atoms with Crippen LogP contribution in [0.25, 0.3) is 33.8 Å². The minimum Gasteiger partial charge on any atom is -0.497 e. The third-order valence-corrected chi connectivity index (χ3v) is 4.74. The zero-order valence-corrected chi connectivity index (χ0v) is 16.6. The summed E-state index contributed by atoms with van der Waals surface area (Å²) in [6.07, 6.45) is 0. The molecule has 2 aromatic carbocycles. The second-order valence-electron chi connectivity index (χ2n) is 6.44. The molecule has 30 heavy (non-hydrogen) atoms. The summed E-state index contributed by atoms with van der Waals surface area (Å²) in [6.45, 7) is 0. The van der Waals surface area contributed by atoms with E-state index in [4.69, 9.17) is 14.2 Å². The second-order valence-corrected chi connectivity index (χ2v) is 6.44. The Morgan fingerprint density at radius 2 is 1.60 bits per heavy atom. The average molecular weight is 405 g/mol. The van der Waals surface area contributed by atoms with Crippen LogP contribution in [0.5, 0.6) is 17.2 Å². The summed E-state index contributed by atoms with van der Waals surface area (Å²) < 4.78 is 15.8. The Hall–Kier alpha value is -4.07. The SMILES string of the molecule is COc1ccc(-c2nc3nc(-c4ccc(OC)cc4OC)cc(C(=O)O)c3[nH]2)cc1. The van der Waals surface area contributed by atoms with E-state index in [-0.39, 0.29) is 5.56 Å². The first-order chi connectivity index (χ1) is 14.5. The monoisotopic (exact) mass is 405 g/mol. The van der Waals surface area contributed by atoms with Gasteiger partial charge in [-0.25, -0.2) is 14.8 Å². The van der Waals surface area contributed by atoms with Crippen LogP contribution in [0.3, 0.4) is 0 Å². The number of aromatic carboxylic acids is 1. The lowest BCUT2D eigenvalue weighted by molar-refractivity contribution is 0.0699. The third kappa shape index (κ3) is 3.39. The number of hydrogen-bond acceptors (Lipinski definition) is 6. The Balaban J connectivity index is 1.88. The Morgan fingerprint density at radius 1 is 0.900 bits per heavy atom. The molecule has 2 heterocycles.